The van der Waals surface area contributed by atoms with Crippen LogP contribution in [-0.4, -0.2) is 36.6 Å². The van der Waals surface area contributed by atoms with E-state index in [1.54, 1.807) is 12.1 Å². The number of anilines is 2. The first-order valence-corrected chi connectivity index (χ1v) is 9.93. The van der Waals surface area contributed by atoms with Crippen LogP contribution in [-0.2, 0) is 19.5 Å². The molecule has 2 N–H and O–H groups in total. The average molecular weight is 422 g/mol. The molecule has 0 fully saturated rings. The molecule has 0 saturated carbocycles. The van der Waals surface area contributed by atoms with E-state index in [9.17, 15) is 27.8 Å². The summed E-state index contributed by atoms with van der Waals surface area (Å²) < 4.78 is 37.8. The Kier molecular flexibility index (Phi) is 4.61. The first kappa shape index (κ1) is 18.9. The number of benzene rings is 2. The number of ketones is 2. The van der Waals surface area contributed by atoms with E-state index in [1.807, 2.05) is 0 Å². The van der Waals surface area contributed by atoms with Crippen LogP contribution in [0.3, 0.4) is 0 Å². The molecule has 0 amide bonds. The van der Waals surface area contributed by atoms with Gasteiger partial charge < -0.3 is 20.4 Å². The molecule has 2 aromatic carbocycles. The summed E-state index contributed by atoms with van der Waals surface area (Å²) in [7, 11) is -4.71. The Balaban J connectivity index is 1.60. The topological polar surface area (TPSA) is 157 Å². The predicted octanol–water partition coefficient (Wildman–Crippen LogP) is 0.475. The maximum atomic E-state index is 12.8. The zero-order valence-corrected chi connectivity index (χ0v) is 15.3. The van der Waals surface area contributed by atoms with Gasteiger partial charge in [0.1, 0.15) is 22.2 Å². The molecular formula is C16H10N2O8S2-2. The van der Waals surface area contributed by atoms with Crippen LogP contribution in [0.15, 0.2) is 46.2 Å². The second kappa shape index (κ2) is 6.84. The third-order valence-corrected chi connectivity index (χ3v) is 5.88. The van der Waals surface area contributed by atoms with Crippen molar-refractivity contribution in [2.45, 2.75) is 21.9 Å². The highest BCUT2D eigenvalue weighted by molar-refractivity contribution is 7.94. The molecule has 2 aromatic rings. The van der Waals surface area contributed by atoms with Gasteiger partial charge in [-0.1, -0.05) is 0 Å². The van der Waals surface area contributed by atoms with Gasteiger partial charge in [-0.3, -0.25) is 14.6 Å². The van der Waals surface area contributed by atoms with Crippen LogP contribution in [0, 0.1) is 0 Å². The average Bonchev–Trinajstić information content (AvgIpc) is 3.16. The van der Waals surface area contributed by atoms with Gasteiger partial charge in [0, 0.05) is 27.4 Å². The van der Waals surface area contributed by atoms with Crippen molar-refractivity contribution in [1.82, 2.24) is 0 Å². The van der Waals surface area contributed by atoms with Crippen molar-refractivity contribution in [3.8, 4) is 0 Å². The Bertz CT molecular complexity index is 1100. The number of carbonyl (C=O) groups excluding carboxylic acids is 2. The SMILES string of the molecule is O=C1c2cc(SOO[O-])ccc2NC1C1Nc2ccc(S(=O)(=O)[O-])cc2C1=O. The van der Waals surface area contributed by atoms with Gasteiger partial charge in [-0.25, -0.2) is 8.42 Å². The van der Waals surface area contributed by atoms with Crippen molar-refractivity contribution in [2.24, 2.45) is 0 Å². The van der Waals surface area contributed by atoms with Gasteiger partial charge in [0.2, 0.25) is 0 Å². The Hall–Kier alpha value is -2.48. The fourth-order valence-electron chi connectivity index (χ4n) is 3.24. The van der Waals surface area contributed by atoms with Gasteiger partial charge in [-0.05, 0) is 36.4 Å². The molecule has 2 aliphatic heterocycles. The summed E-state index contributed by atoms with van der Waals surface area (Å²) in [5.41, 5.74) is 1.17. The standard InChI is InChI=1S/C16H12N2O8S2/c19-15-9-5-7(27-26-25-21)1-3-11(9)17-13(15)14-16(20)10-6-8(28(22,23)24)2-4-12(10)18-14/h1-6,13-14,17-18,21H,(H,22,23,24)/p-2. The van der Waals surface area contributed by atoms with E-state index in [1.165, 1.54) is 12.1 Å². The first-order chi connectivity index (χ1) is 13.3. The molecule has 2 heterocycles. The molecule has 146 valence electrons. The number of nitrogens with one attached hydrogen (secondary N) is 2. The third-order valence-electron chi connectivity index (χ3n) is 4.48. The summed E-state index contributed by atoms with van der Waals surface area (Å²) in [5, 5.41) is 19.1. The van der Waals surface area contributed by atoms with E-state index >= 15 is 0 Å². The summed E-state index contributed by atoms with van der Waals surface area (Å²) in [6.45, 7) is 0. The fourth-order valence-corrected chi connectivity index (χ4v) is 4.13. The van der Waals surface area contributed by atoms with Gasteiger partial charge >= 0.3 is 0 Å². The molecule has 0 saturated heterocycles. The summed E-state index contributed by atoms with van der Waals surface area (Å²) in [4.78, 5) is 25.5. The van der Waals surface area contributed by atoms with E-state index in [0.29, 0.717) is 33.9 Å². The lowest BCUT2D eigenvalue weighted by Gasteiger charge is -2.17. The molecular weight excluding hydrogens is 412 g/mol. The smallest absolute Gasteiger partial charge is 0.189 e. The van der Waals surface area contributed by atoms with E-state index < -0.39 is 32.9 Å². The summed E-state index contributed by atoms with van der Waals surface area (Å²) >= 11 is 0.632. The Morgan fingerprint density at radius 3 is 2.07 bits per heavy atom. The third kappa shape index (κ3) is 3.15. The van der Waals surface area contributed by atoms with Crippen LogP contribution >= 0.6 is 12.0 Å². The van der Waals surface area contributed by atoms with E-state index in [0.717, 1.165) is 12.1 Å². The fraction of sp³-hybridized carbons (Fsp3) is 0.125. The lowest BCUT2D eigenvalue weighted by Crippen LogP contribution is -2.43. The summed E-state index contributed by atoms with van der Waals surface area (Å²) in [6.07, 6.45) is 0. The van der Waals surface area contributed by atoms with Crippen LogP contribution in [0.25, 0.3) is 0 Å². The quantitative estimate of drug-likeness (QED) is 0.299. The maximum Gasteiger partial charge on any atom is 0.189 e. The highest BCUT2D eigenvalue weighted by Crippen LogP contribution is 2.36. The highest BCUT2D eigenvalue weighted by atomic mass is 32.2. The summed E-state index contributed by atoms with van der Waals surface area (Å²) in [6, 6.07) is 6.20. The van der Waals surface area contributed by atoms with E-state index in [4.69, 9.17) is 0 Å². The van der Waals surface area contributed by atoms with Crippen molar-refractivity contribution >= 4 is 45.1 Å². The van der Waals surface area contributed by atoms with Gasteiger partial charge in [0.15, 0.2) is 11.6 Å². The lowest BCUT2D eigenvalue weighted by molar-refractivity contribution is -0.777. The minimum atomic E-state index is -4.71. The number of hydrogen-bond acceptors (Lipinski definition) is 11. The van der Waals surface area contributed by atoms with Crippen molar-refractivity contribution in [3.05, 3.63) is 47.5 Å². The summed E-state index contributed by atoms with van der Waals surface area (Å²) in [5.74, 6) is -0.868. The molecule has 0 spiro atoms. The first-order valence-electron chi connectivity index (χ1n) is 7.78. The second-order valence-electron chi connectivity index (χ2n) is 6.06. The van der Waals surface area contributed by atoms with Crippen molar-refractivity contribution in [2.75, 3.05) is 10.6 Å². The van der Waals surface area contributed by atoms with E-state index in [2.05, 4.69) is 20.0 Å². The number of Topliss-reactive ketones (excluding diaryl/α,β-unsaturated/α-hetero) is 2. The van der Waals surface area contributed by atoms with Crippen molar-refractivity contribution < 1.29 is 37.2 Å². The number of hydrogen-bond donors (Lipinski definition) is 2. The number of carbonyl (C=O) groups is 2. The van der Waals surface area contributed by atoms with Crippen LogP contribution in [0.2, 0.25) is 0 Å². The Morgan fingerprint density at radius 2 is 1.50 bits per heavy atom. The number of fused-ring (bicyclic) bond motifs is 2. The van der Waals surface area contributed by atoms with Crippen LogP contribution < -0.4 is 15.9 Å². The minimum Gasteiger partial charge on any atom is -0.744 e. The molecule has 0 radical (unpaired) electrons. The second-order valence-corrected chi connectivity index (χ2v) is 8.21. The predicted molar refractivity (Wildman–Crippen MR) is 92.4 cm³/mol. The van der Waals surface area contributed by atoms with Crippen LogP contribution in [0.4, 0.5) is 11.4 Å². The van der Waals surface area contributed by atoms with E-state index in [-0.39, 0.29) is 11.3 Å². The molecule has 2 unspecified atom stereocenters. The van der Waals surface area contributed by atoms with Gasteiger partial charge in [0.05, 0.1) is 16.9 Å². The largest absolute Gasteiger partial charge is 0.744 e. The molecule has 2 aliphatic rings. The maximum absolute atomic E-state index is 12.8. The molecule has 28 heavy (non-hydrogen) atoms. The minimum absolute atomic E-state index is 0.0321. The van der Waals surface area contributed by atoms with Gasteiger partial charge in [-0.15, -0.1) is 0 Å². The molecule has 2 atom stereocenters. The Morgan fingerprint density at radius 1 is 0.929 bits per heavy atom. The van der Waals surface area contributed by atoms with Gasteiger partial charge in [0.25, 0.3) is 0 Å². The van der Waals surface area contributed by atoms with Crippen molar-refractivity contribution in [1.29, 1.82) is 0 Å². The van der Waals surface area contributed by atoms with Crippen LogP contribution in [0.1, 0.15) is 20.7 Å². The molecule has 10 nitrogen and oxygen atoms in total. The lowest BCUT2D eigenvalue weighted by atomic mass is 9.98. The molecule has 0 aliphatic carbocycles. The normalized spacial score (nSPS) is 20.5. The highest BCUT2D eigenvalue weighted by Gasteiger charge is 2.43. The van der Waals surface area contributed by atoms with Gasteiger partial charge in [-0.2, -0.15) is 4.33 Å². The monoisotopic (exact) mass is 422 g/mol. The molecule has 0 bridgehead atoms. The van der Waals surface area contributed by atoms with Crippen molar-refractivity contribution in [3.63, 3.8) is 0 Å². The Labute approximate surface area is 162 Å². The zero-order chi connectivity index (χ0) is 20.1. The zero-order valence-electron chi connectivity index (χ0n) is 13.7. The molecule has 4 rings (SSSR count). The van der Waals surface area contributed by atoms with Crippen LogP contribution in [0.5, 0.6) is 0 Å². The molecule has 12 heteroatoms. The molecule has 0 aromatic heterocycles. The number of rotatable bonds is 5.